The van der Waals surface area contributed by atoms with Gasteiger partial charge in [-0.05, 0) is 18.6 Å². The van der Waals surface area contributed by atoms with Crippen molar-refractivity contribution in [3.05, 3.63) is 23.2 Å². The van der Waals surface area contributed by atoms with Gasteiger partial charge < -0.3 is 10.4 Å². The second-order valence-electron chi connectivity index (χ2n) is 5.80. The minimum atomic E-state index is -0.407. The molecule has 0 radical (unpaired) electrons. The summed E-state index contributed by atoms with van der Waals surface area (Å²) in [6.45, 7) is 2.19. The van der Waals surface area contributed by atoms with E-state index in [4.69, 9.17) is 11.6 Å². The van der Waals surface area contributed by atoms with E-state index in [-0.39, 0.29) is 23.6 Å². The fourth-order valence-corrected chi connectivity index (χ4v) is 2.52. The Balaban J connectivity index is 2.19. The van der Waals surface area contributed by atoms with Crippen LogP contribution in [0.3, 0.4) is 0 Å². The number of amides is 1. The maximum atomic E-state index is 11.8. The summed E-state index contributed by atoms with van der Waals surface area (Å²) in [6, 6.07) is 4.42. The van der Waals surface area contributed by atoms with E-state index in [0.717, 1.165) is 19.3 Å². The molecule has 1 aromatic rings. The molecule has 2 N–H and O–H groups in total. The smallest absolute Gasteiger partial charge is 0.231 e. The highest BCUT2D eigenvalue weighted by Crippen LogP contribution is 2.26. The molecule has 0 aliphatic rings. The predicted molar refractivity (Wildman–Crippen MR) is 94.0 cm³/mol. The molecule has 1 rings (SSSR count). The summed E-state index contributed by atoms with van der Waals surface area (Å²) in [5.41, 5.74) is 0.267. The highest BCUT2D eigenvalue weighted by molar-refractivity contribution is 6.30. The van der Waals surface area contributed by atoms with E-state index in [9.17, 15) is 14.7 Å². The van der Waals surface area contributed by atoms with Crippen molar-refractivity contribution in [1.29, 1.82) is 0 Å². The molecule has 23 heavy (non-hydrogen) atoms. The van der Waals surface area contributed by atoms with Gasteiger partial charge in [-0.25, -0.2) is 0 Å². The third kappa shape index (κ3) is 8.60. The Morgan fingerprint density at radius 1 is 1.09 bits per heavy atom. The lowest BCUT2D eigenvalue weighted by Crippen LogP contribution is -2.16. The number of carbonyl (C=O) groups excluding carboxylic acids is 2. The van der Waals surface area contributed by atoms with Crippen LogP contribution in [-0.4, -0.2) is 16.8 Å². The van der Waals surface area contributed by atoms with Crippen LogP contribution in [0.25, 0.3) is 0 Å². The number of anilines is 1. The van der Waals surface area contributed by atoms with Gasteiger partial charge in [0.1, 0.15) is 11.5 Å². The van der Waals surface area contributed by atoms with Gasteiger partial charge >= 0.3 is 0 Å². The zero-order valence-corrected chi connectivity index (χ0v) is 14.5. The minimum Gasteiger partial charge on any atom is -0.506 e. The number of Topliss-reactive ketones (excluding diaryl/α,β-unsaturated/α-hetero) is 1. The van der Waals surface area contributed by atoms with Gasteiger partial charge in [-0.2, -0.15) is 0 Å². The summed E-state index contributed by atoms with van der Waals surface area (Å²) in [5.74, 6) is -0.578. The van der Waals surface area contributed by atoms with Gasteiger partial charge in [0, 0.05) is 17.5 Å². The van der Waals surface area contributed by atoms with Gasteiger partial charge in [-0.15, -0.1) is 0 Å². The Kier molecular flexibility index (Phi) is 9.37. The Bertz CT molecular complexity index is 517. The lowest BCUT2D eigenvalue weighted by Gasteiger charge is -2.07. The van der Waals surface area contributed by atoms with Crippen molar-refractivity contribution in [2.45, 2.75) is 64.7 Å². The van der Waals surface area contributed by atoms with E-state index >= 15 is 0 Å². The van der Waals surface area contributed by atoms with Crippen LogP contribution in [0.4, 0.5) is 5.69 Å². The lowest BCUT2D eigenvalue weighted by molar-refractivity contribution is -0.125. The maximum Gasteiger partial charge on any atom is 0.231 e. The van der Waals surface area contributed by atoms with Gasteiger partial charge in [0.2, 0.25) is 5.91 Å². The van der Waals surface area contributed by atoms with Crippen molar-refractivity contribution in [2.75, 3.05) is 5.32 Å². The van der Waals surface area contributed by atoms with E-state index in [1.807, 2.05) is 0 Å². The van der Waals surface area contributed by atoms with Crippen LogP contribution in [-0.2, 0) is 9.59 Å². The number of benzene rings is 1. The van der Waals surface area contributed by atoms with E-state index < -0.39 is 5.91 Å². The molecule has 0 fully saturated rings. The Morgan fingerprint density at radius 2 is 1.74 bits per heavy atom. The van der Waals surface area contributed by atoms with Crippen LogP contribution >= 0.6 is 11.6 Å². The van der Waals surface area contributed by atoms with Crippen molar-refractivity contribution in [1.82, 2.24) is 0 Å². The van der Waals surface area contributed by atoms with Gasteiger partial charge in [0.15, 0.2) is 0 Å². The summed E-state index contributed by atoms with van der Waals surface area (Å²) in [6.07, 6.45) is 8.30. The normalized spacial score (nSPS) is 10.5. The second-order valence-corrected chi connectivity index (χ2v) is 6.23. The standard InChI is InChI=1S/C18H26ClNO3/c1-2-3-4-5-6-7-8-9-15(21)13-18(23)20-16-11-10-14(19)12-17(16)22/h10-12,22H,2-9,13H2,1H3,(H,20,23). The van der Waals surface area contributed by atoms with Crippen molar-refractivity contribution < 1.29 is 14.7 Å². The predicted octanol–water partition coefficient (Wildman–Crippen LogP) is 5.08. The van der Waals surface area contributed by atoms with Crippen LogP contribution in [0.5, 0.6) is 5.75 Å². The van der Waals surface area contributed by atoms with Gasteiger partial charge in [0.05, 0.1) is 12.1 Å². The number of carbonyl (C=O) groups is 2. The monoisotopic (exact) mass is 339 g/mol. The molecule has 0 spiro atoms. The summed E-state index contributed by atoms with van der Waals surface area (Å²) in [5, 5.41) is 12.6. The highest BCUT2D eigenvalue weighted by atomic mass is 35.5. The minimum absolute atomic E-state index is 0.0653. The topological polar surface area (TPSA) is 66.4 Å². The first kappa shape index (κ1) is 19.5. The van der Waals surface area contributed by atoms with Crippen LogP contribution < -0.4 is 5.32 Å². The third-order valence-electron chi connectivity index (χ3n) is 3.65. The van der Waals surface area contributed by atoms with E-state index in [1.165, 1.54) is 37.8 Å². The van der Waals surface area contributed by atoms with Gasteiger partial charge in [-0.1, -0.05) is 57.0 Å². The fraction of sp³-hybridized carbons (Fsp3) is 0.556. The van der Waals surface area contributed by atoms with Crippen molar-refractivity contribution in [3.63, 3.8) is 0 Å². The van der Waals surface area contributed by atoms with Gasteiger partial charge in [0.25, 0.3) is 0 Å². The number of ketones is 1. The first-order valence-corrected chi connectivity index (χ1v) is 8.70. The number of hydrogen-bond acceptors (Lipinski definition) is 3. The lowest BCUT2D eigenvalue weighted by atomic mass is 10.1. The Hall–Kier alpha value is -1.55. The van der Waals surface area contributed by atoms with E-state index in [0.29, 0.717) is 11.4 Å². The van der Waals surface area contributed by atoms with E-state index in [1.54, 1.807) is 6.07 Å². The summed E-state index contributed by atoms with van der Waals surface area (Å²) in [4.78, 5) is 23.6. The van der Waals surface area contributed by atoms with Gasteiger partial charge in [-0.3, -0.25) is 9.59 Å². The molecule has 0 bridgehead atoms. The van der Waals surface area contributed by atoms with Crippen molar-refractivity contribution in [2.24, 2.45) is 0 Å². The third-order valence-corrected chi connectivity index (χ3v) is 3.89. The number of phenolic OH excluding ortho intramolecular Hbond substituents is 1. The molecule has 0 saturated carbocycles. The number of hydrogen-bond donors (Lipinski definition) is 2. The molecule has 1 amide bonds. The molecule has 0 unspecified atom stereocenters. The van der Waals surface area contributed by atoms with Crippen LogP contribution in [0.1, 0.15) is 64.7 Å². The number of rotatable bonds is 11. The molecule has 0 aromatic heterocycles. The summed E-state index contributed by atoms with van der Waals surface area (Å²) in [7, 11) is 0. The SMILES string of the molecule is CCCCCCCCCC(=O)CC(=O)Nc1ccc(Cl)cc1O. The van der Waals surface area contributed by atoms with Crippen LogP contribution in [0, 0.1) is 0 Å². The maximum absolute atomic E-state index is 11.8. The molecule has 0 heterocycles. The second kappa shape index (κ2) is 11.1. The fourth-order valence-electron chi connectivity index (χ4n) is 2.35. The summed E-state index contributed by atoms with van der Waals surface area (Å²) >= 11 is 5.72. The average Bonchev–Trinajstić information content (AvgIpc) is 2.49. The zero-order chi connectivity index (χ0) is 17.1. The average molecular weight is 340 g/mol. The molecule has 1 aromatic carbocycles. The molecule has 4 nitrogen and oxygen atoms in total. The molecular weight excluding hydrogens is 314 g/mol. The number of aromatic hydroxyl groups is 1. The first-order valence-electron chi connectivity index (χ1n) is 8.33. The Labute approximate surface area is 143 Å². The number of halogens is 1. The first-order chi connectivity index (χ1) is 11.0. The summed E-state index contributed by atoms with van der Waals surface area (Å²) < 4.78 is 0. The largest absolute Gasteiger partial charge is 0.506 e. The molecular formula is C18H26ClNO3. The number of phenols is 1. The molecule has 128 valence electrons. The molecule has 0 atom stereocenters. The molecule has 5 heteroatoms. The van der Waals surface area contributed by atoms with Crippen molar-refractivity contribution >= 4 is 29.0 Å². The molecule has 0 saturated heterocycles. The molecule has 0 aliphatic carbocycles. The van der Waals surface area contributed by atoms with Crippen molar-refractivity contribution in [3.8, 4) is 5.75 Å². The quantitative estimate of drug-likeness (QED) is 0.335. The zero-order valence-electron chi connectivity index (χ0n) is 13.7. The van der Waals surface area contributed by atoms with Crippen LogP contribution in [0.2, 0.25) is 5.02 Å². The number of nitrogens with one attached hydrogen (secondary N) is 1. The Morgan fingerprint density at radius 3 is 2.39 bits per heavy atom. The molecule has 0 aliphatic heterocycles. The highest BCUT2D eigenvalue weighted by Gasteiger charge is 2.11. The van der Waals surface area contributed by atoms with Crippen LogP contribution in [0.15, 0.2) is 18.2 Å². The van der Waals surface area contributed by atoms with E-state index in [2.05, 4.69) is 12.2 Å². The number of unbranched alkanes of at least 4 members (excludes halogenated alkanes) is 6.